The number of nitrogens with one attached hydrogen (secondary N) is 1. The lowest BCUT2D eigenvalue weighted by Gasteiger charge is -2.22. The van der Waals surface area contributed by atoms with Crippen molar-refractivity contribution in [2.75, 3.05) is 23.4 Å². The number of ether oxygens (including phenoxy) is 1. The van der Waals surface area contributed by atoms with Crippen LogP contribution in [-0.2, 0) is 14.3 Å². The maximum absolute atomic E-state index is 13.4. The fraction of sp³-hybridized carbons (Fsp3) is 0.154. The van der Waals surface area contributed by atoms with Crippen molar-refractivity contribution >= 4 is 40.6 Å². The lowest BCUT2D eigenvalue weighted by molar-refractivity contribution is -0.120. The molecule has 0 aromatic heterocycles. The Labute approximate surface area is 195 Å². The van der Waals surface area contributed by atoms with E-state index in [2.05, 4.69) is 10.3 Å². The Morgan fingerprint density at radius 1 is 1.03 bits per heavy atom. The number of benzene rings is 3. The molecule has 0 radical (unpaired) electrons. The van der Waals surface area contributed by atoms with Crippen LogP contribution in [0.3, 0.4) is 0 Å². The van der Waals surface area contributed by atoms with Crippen molar-refractivity contribution in [2.45, 2.75) is 13.3 Å². The van der Waals surface area contributed by atoms with Gasteiger partial charge in [0.25, 0.3) is 0 Å². The van der Waals surface area contributed by atoms with Gasteiger partial charge in [-0.05, 0) is 48.9 Å². The van der Waals surface area contributed by atoms with Crippen LogP contribution < -0.4 is 10.2 Å². The summed E-state index contributed by atoms with van der Waals surface area (Å²) in [6.07, 6.45) is -0.0625. The molecular weight excluding hydrogens is 437 g/mol. The number of halogens is 1. The van der Waals surface area contributed by atoms with E-state index in [1.54, 1.807) is 67.6 Å². The SMILES string of the molecule is CCOC(=O)c1ccccc1NC(=O)CN1C(=O)CC(c2ccc(F)cc2)=Nc2ccccc21. The van der Waals surface area contributed by atoms with Crippen molar-refractivity contribution in [2.24, 2.45) is 4.99 Å². The largest absolute Gasteiger partial charge is 0.462 e. The molecule has 3 aromatic rings. The van der Waals surface area contributed by atoms with E-state index in [-0.39, 0.29) is 36.9 Å². The molecule has 4 rings (SSSR count). The minimum Gasteiger partial charge on any atom is -0.462 e. The number of amides is 2. The fourth-order valence-corrected chi connectivity index (χ4v) is 3.64. The van der Waals surface area contributed by atoms with Gasteiger partial charge in [-0.25, -0.2) is 9.18 Å². The molecular formula is C26H22FN3O4. The summed E-state index contributed by atoms with van der Waals surface area (Å²) in [5.41, 5.74) is 2.63. The molecule has 0 saturated heterocycles. The molecule has 0 atom stereocenters. The summed E-state index contributed by atoms with van der Waals surface area (Å²) in [4.78, 5) is 44.3. The van der Waals surface area contributed by atoms with Crippen LogP contribution >= 0.6 is 0 Å². The van der Waals surface area contributed by atoms with Crippen LogP contribution in [0, 0.1) is 5.82 Å². The number of carbonyl (C=O) groups excluding carboxylic acids is 3. The second kappa shape index (κ2) is 10.1. The molecule has 0 fully saturated rings. The monoisotopic (exact) mass is 459 g/mol. The van der Waals surface area contributed by atoms with Crippen molar-refractivity contribution < 1.29 is 23.5 Å². The highest BCUT2D eigenvalue weighted by molar-refractivity contribution is 6.19. The molecule has 1 aliphatic heterocycles. The van der Waals surface area contributed by atoms with E-state index < -0.39 is 11.9 Å². The Morgan fingerprint density at radius 2 is 1.74 bits per heavy atom. The fourth-order valence-electron chi connectivity index (χ4n) is 3.64. The highest BCUT2D eigenvalue weighted by Gasteiger charge is 2.27. The minimum absolute atomic E-state index is 0.0625. The van der Waals surface area contributed by atoms with Crippen LogP contribution in [-0.4, -0.2) is 36.6 Å². The van der Waals surface area contributed by atoms with Crippen LogP contribution in [0.4, 0.5) is 21.5 Å². The summed E-state index contributed by atoms with van der Waals surface area (Å²) in [7, 11) is 0. The summed E-state index contributed by atoms with van der Waals surface area (Å²) < 4.78 is 18.4. The van der Waals surface area contributed by atoms with Gasteiger partial charge in [0.05, 0.1) is 41.4 Å². The first-order valence-corrected chi connectivity index (χ1v) is 10.7. The third kappa shape index (κ3) is 5.01. The first kappa shape index (κ1) is 22.8. The van der Waals surface area contributed by atoms with E-state index in [0.717, 1.165) is 0 Å². The lowest BCUT2D eigenvalue weighted by Crippen LogP contribution is -2.38. The Morgan fingerprint density at radius 3 is 2.50 bits per heavy atom. The first-order chi connectivity index (χ1) is 16.5. The molecule has 172 valence electrons. The standard InChI is InChI=1S/C26H22FN3O4/c1-2-34-26(33)19-7-3-4-8-20(19)29-24(31)16-30-23-10-6-5-9-21(23)28-22(15-25(30)32)17-11-13-18(27)14-12-17/h3-14H,2,15-16H2,1H3,(H,29,31). The molecule has 7 nitrogen and oxygen atoms in total. The van der Waals surface area contributed by atoms with Gasteiger partial charge in [-0.2, -0.15) is 0 Å². The van der Waals surface area contributed by atoms with E-state index >= 15 is 0 Å². The van der Waals surface area contributed by atoms with Gasteiger partial charge in [0.2, 0.25) is 11.8 Å². The van der Waals surface area contributed by atoms with Crippen molar-refractivity contribution in [3.63, 3.8) is 0 Å². The summed E-state index contributed by atoms with van der Waals surface area (Å²) in [5, 5.41) is 2.71. The number of nitrogens with zero attached hydrogens (tertiary/aromatic N) is 2. The van der Waals surface area contributed by atoms with E-state index in [1.807, 2.05) is 0 Å². The van der Waals surface area contributed by atoms with Gasteiger partial charge in [0, 0.05) is 0 Å². The first-order valence-electron chi connectivity index (χ1n) is 10.7. The summed E-state index contributed by atoms with van der Waals surface area (Å²) in [6.45, 7) is 1.62. The lowest BCUT2D eigenvalue weighted by atomic mass is 10.1. The minimum atomic E-state index is -0.549. The second-order valence-electron chi connectivity index (χ2n) is 7.52. The maximum atomic E-state index is 13.4. The summed E-state index contributed by atoms with van der Waals surface area (Å²) in [5.74, 6) is -1.75. The Bertz CT molecular complexity index is 1270. The van der Waals surface area contributed by atoms with Gasteiger partial charge in [-0.1, -0.05) is 36.4 Å². The molecule has 8 heteroatoms. The maximum Gasteiger partial charge on any atom is 0.340 e. The van der Waals surface area contributed by atoms with Crippen LogP contribution in [0.2, 0.25) is 0 Å². The van der Waals surface area contributed by atoms with Gasteiger partial charge in [0.1, 0.15) is 12.4 Å². The average Bonchev–Trinajstić information content (AvgIpc) is 2.96. The molecule has 34 heavy (non-hydrogen) atoms. The third-order valence-electron chi connectivity index (χ3n) is 5.22. The quantitative estimate of drug-likeness (QED) is 0.550. The molecule has 2 amide bonds. The number of rotatable bonds is 6. The average molecular weight is 459 g/mol. The Hall–Kier alpha value is -4.33. The van der Waals surface area contributed by atoms with Gasteiger partial charge >= 0.3 is 5.97 Å². The molecule has 0 aliphatic carbocycles. The predicted octanol–water partition coefficient (Wildman–Crippen LogP) is 4.50. The number of fused-ring (bicyclic) bond motifs is 1. The molecule has 1 aliphatic rings. The van der Waals surface area contributed by atoms with E-state index in [4.69, 9.17) is 4.74 Å². The summed E-state index contributed by atoms with van der Waals surface area (Å²) >= 11 is 0. The highest BCUT2D eigenvalue weighted by Crippen LogP contribution is 2.33. The van der Waals surface area contributed by atoms with Crippen molar-refractivity contribution in [3.8, 4) is 0 Å². The highest BCUT2D eigenvalue weighted by atomic mass is 19.1. The van der Waals surface area contributed by atoms with Crippen LogP contribution in [0.5, 0.6) is 0 Å². The van der Waals surface area contributed by atoms with E-state index in [1.165, 1.54) is 17.0 Å². The smallest absolute Gasteiger partial charge is 0.340 e. The van der Waals surface area contributed by atoms with E-state index in [0.29, 0.717) is 28.3 Å². The zero-order valence-electron chi connectivity index (χ0n) is 18.5. The molecule has 1 heterocycles. The number of carbonyl (C=O) groups is 3. The Kier molecular flexibility index (Phi) is 6.77. The second-order valence-corrected chi connectivity index (χ2v) is 7.52. The molecule has 0 unspecified atom stereocenters. The molecule has 0 spiro atoms. The molecule has 0 saturated carbocycles. The molecule has 1 N–H and O–H groups in total. The molecule has 3 aromatic carbocycles. The zero-order valence-corrected chi connectivity index (χ0v) is 18.5. The summed E-state index contributed by atoms with van der Waals surface area (Å²) in [6, 6.07) is 19.3. The van der Waals surface area contributed by atoms with E-state index in [9.17, 15) is 18.8 Å². The predicted molar refractivity (Wildman–Crippen MR) is 127 cm³/mol. The van der Waals surface area contributed by atoms with Gasteiger partial charge in [-0.15, -0.1) is 0 Å². The third-order valence-corrected chi connectivity index (χ3v) is 5.22. The number of hydrogen-bond acceptors (Lipinski definition) is 5. The Balaban J connectivity index is 1.58. The number of anilines is 2. The zero-order chi connectivity index (χ0) is 24.1. The van der Waals surface area contributed by atoms with Crippen LogP contribution in [0.1, 0.15) is 29.3 Å². The van der Waals surface area contributed by atoms with Crippen molar-refractivity contribution in [1.82, 2.24) is 0 Å². The van der Waals surface area contributed by atoms with Crippen LogP contribution in [0.25, 0.3) is 0 Å². The number of esters is 1. The normalized spacial score (nSPS) is 12.9. The van der Waals surface area contributed by atoms with Crippen LogP contribution in [0.15, 0.2) is 77.8 Å². The van der Waals surface area contributed by atoms with Gasteiger partial charge < -0.3 is 15.0 Å². The number of aliphatic imine (C=N–C) groups is 1. The molecule has 0 bridgehead atoms. The van der Waals surface area contributed by atoms with Crippen molar-refractivity contribution in [1.29, 1.82) is 0 Å². The van der Waals surface area contributed by atoms with Gasteiger partial charge in [-0.3, -0.25) is 14.6 Å². The topological polar surface area (TPSA) is 88.1 Å². The van der Waals surface area contributed by atoms with Gasteiger partial charge in [0.15, 0.2) is 0 Å². The number of para-hydroxylation sites is 3. The number of hydrogen-bond donors (Lipinski definition) is 1. The van der Waals surface area contributed by atoms with Crippen molar-refractivity contribution in [3.05, 3.63) is 89.7 Å².